The van der Waals surface area contributed by atoms with Crippen LogP contribution in [-0.4, -0.2) is 24.6 Å². The van der Waals surface area contributed by atoms with Gasteiger partial charge in [0.15, 0.2) is 0 Å². The Morgan fingerprint density at radius 3 is 2.75 bits per heavy atom. The third kappa shape index (κ3) is 3.47. The predicted octanol–water partition coefficient (Wildman–Crippen LogP) is 2.10. The number of pyridine rings is 1. The molecule has 0 spiro atoms. The molecular formula is C15H17N3O2. The molecule has 0 unspecified atom stereocenters. The van der Waals surface area contributed by atoms with E-state index in [1.807, 2.05) is 12.1 Å². The fourth-order valence-electron chi connectivity index (χ4n) is 1.85. The molecule has 1 heterocycles. The maximum atomic E-state index is 11.5. The Hall–Kier alpha value is -2.56. The zero-order valence-electron chi connectivity index (χ0n) is 11.3. The Balaban J connectivity index is 2.00. The summed E-state index contributed by atoms with van der Waals surface area (Å²) in [5.41, 5.74) is 8.90. The van der Waals surface area contributed by atoms with Gasteiger partial charge in [-0.05, 0) is 42.3 Å². The highest BCUT2D eigenvalue weighted by Gasteiger charge is 2.08. The van der Waals surface area contributed by atoms with Crippen molar-refractivity contribution < 1.29 is 9.53 Å². The Bertz CT molecular complexity index is 585. The number of rotatable bonds is 5. The van der Waals surface area contributed by atoms with E-state index in [2.05, 4.69) is 10.3 Å². The Morgan fingerprint density at radius 2 is 2.05 bits per heavy atom. The number of nitrogens with zero attached hydrogens (tertiary/aromatic N) is 1. The molecule has 1 aromatic heterocycles. The number of carbonyl (C=O) groups excluding carboxylic acids is 1. The van der Waals surface area contributed by atoms with Crippen molar-refractivity contribution in [2.45, 2.75) is 6.42 Å². The molecule has 0 radical (unpaired) electrons. The highest BCUT2D eigenvalue weighted by molar-refractivity contribution is 5.91. The van der Waals surface area contributed by atoms with Crippen molar-refractivity contribution in [3.05, 3.63) is 53.9 Å². The number of carbonyl (C=O) groups is 1. The number of nitrogen functional groups attached to an aromatic ring is 1. The van der Waals surface area contributed by atoms with Gasteiger partial charge in [-0.15, -0.1) is 0 Å². The molecule has 0 amide bonds. The Morgan fingerprint density at radius 1 is 1.30 bits per heavy atom. The monoisotopic (exact) mass is 271 g/mol. The van der Waals surface area contributed by atoms with E-state index in [9.17, 15) is 4.79 Å². The second kappa shape index (κ2) is 6.56. The van der Waals surface area contributed by atoms with Crippen molar-refractivity contribution in [3.8, 4) is 0 Å². The van der Waals surface area contributed by atoms with E-state index in [-0.39, 0.29) is 5.97 Å². The van der Waals surface area contributed by atoms with Crippen molar-refractivity contribution in [2.24, 2.45) is 0 Å². The normalized spacial score (nSPS) is 10.1. The van der Waals surface area contributed by atoms with Gasteiger partial charge in [0.05, 0.1) is 24.0 Å². The van der Waals surface area contributed by atoms with Gasteiger partial charge in [0.25, 0.3) is 0 Å². The largest absolute Gasteiger partial charge is 0.465 e. The van der Waals surface area contributed by atoms with Gasteiger partial charge < -0.3 is 15.8 Å². The van der Waals surface area contributed by atoms with Crippen LogP contribution in [0.25, 0.3) is 0 Å². The van der Waals surface area contributed by atoms with Gasteiger partial charge in [-0.3, -0.25) is 4.98 Å². The summed E-state index contributed by atoms with van der Waals surface area (Å²) in [6, 6.07) is 8.98. The number of aromatic nitrogens is 1. The second-order valence-electron chi connectivity index (χ2n) is 4.33. The molecule has 1 aromatic carbocycles. The number of methoxy groups -OCH3 is 1. The molecule has 2 aromatic rings. The van der Waals surface area contributed by atoms with Gasteiger partial charge in [0, 0.05) is 18.9 Å². The van der Waals surface area contributed by atoms with Crippen molar-refractivity contribution >= 4 is 17.3 Å². The predicted molar refractivity (Wildman–Crippen MR) is 78.6 cm³/mol. The first kappa shape index (κ1) is 13.9. The second-order valence-corrected chi connectivity index (χ2v) is 4.33. The standard InChI is InChI=1S/C15H17N3O2/c1-20-15(19)12-2-3-13(16)14(10-12)18-9-6-11-4-7-17-8-5-11/h2-5,7-8,10,18H,6,9,16H2,1H3. The van der Waals surface area contributed by atoms with E-state index in [4.69, 9.17) is 10.5 Å². The average Bonchev–Trinajstić information content (AvgIpc) is 2.49. The molecule has 0 saturated heterocycles. The number of ether oxygens (including phenoxy) is 1. The van der Waals surface area contributed by atoms with E-state index in [0.29, 0.717) is 11.3 Å². The molecule has 104 valence electrons. The topological polar surface area (TPSA) is 77.2 Å². The number of anilines is 2. The molecule has 0 bridgehead atoms. The molecule has 5 heteroatoms. The summed E-state index contributed by atoms with van der Waals surface area (Å²) in [4.78, 5) is 15.4. The molecule has 3 N–H and O–H groups in total. The molecule has 0 fully saturated rings. The first-order chi connectivity index (χ1) is 9.70. The van der Waals surface area contributed by atoms with E-state index < -0.39 is 0 Å². The Kier molecular flexibility index (Phi) is 4.55. The maximum absolute atomic E-state index is 11.5. The van der Waals surface area contributed by atoms with Crippen molar-refractivity contribution in [1.29, 1.82) is 0 Å². The molecule has 2 rings (SSSR count). The van der Waals surface area contributed by atoms with Crippen molar-refractivity contribution in [1.82, 2.24) is 4.98 Å². The van der Waals surface area contributed by atoms with E-state index in [0.717, 1.165) is 18.7 Å². The lowest BCUT2D eigenvalue weighted by Gasteiger charge is -2.10. The number of esters is 1. The molecule has 0 aliphatic heterocycles. The highest BCUT2D eigenvalue weighted by atomic mass is 16.5. The first-order valence-electron chi connectivity index (χ1n) is 6.31. The summed E-state index contributed by atoms with van der Waals surface area (Å²) in [5, 5.41) is 3.23. The maximum Gasteiger partial charge on any atom is 0.337 e. The lowest BCUT2D eigenvalue weighted by atomic mass is 10.1. The molecular weight excluding hydrogens is 254 g/mol. The fourth-order valence-corrected chi connectivity index (χ4v) is 1.85. The first-order valence-corrected chi connectivity index (χ1v) is 6.31. The Labute approximate surface area is 117 Å². The van der Waals surface area contributed by atoms with Gasteiger partial charge in [-0.2, -0.15) is 0 Å². The van der Waals surface area contributed by atoms with Crippen LogP contribution in [-0.2, 0) is 11.2 Å². The van der Waals surface area contributed by atoms with E-state index in [1.54, 1.807) is 30.6 Å². The summed E-state index contributed by atoms with van der Waals surface area (Å²) in [5.74, 6) is -0.373. The van der Waals surface area contributed by atoms with Gasteiger partial charge in [-0.25, -0.2) is 4.79 Å². The summed E-state index contributed by atoms with van der Waals surface area (Å²) in [7, 11) is 1.36. The molecule has 0 saturated carbocycles. The van der Waals surface area contributed by atoms with Gasteiger partial charge in [0.2, 0.25) is 0 Å². The highest BCUT2D eigenvalue weighted by Crippen LogP contribution is 2.20. The molecule has 20 heavy (non-hydrogen) atoms. The summed E-state index contributed by atoms with van der Waals surface area (Å²) in [6.45, 7) is 0.721. The number of nitrogens with one attached hydrogen (secondary N) is 1. The van der Waals surface area contributed by atoms with Crippen LogP contribution in [0.3, 0.4) is 0 Å². The minimum Gasteiger partial charge on any atom is -0.465 e. The molecule has 0 aliphatic rings. The minimum atomic E-state index is -0.373. The third-order valence-electron chi connectivity index (χ3n) is 2.95. The molecule has 5 nitrogen and oxygen atoms in total. The van der Waals surface area contributed by atoms with Crippen LogP contribution in [0.1, 0.15) is 15.9 Å². The van der Waals surface area contributed by atoms with Crippen LogP contribution in [0.15, 0.2) is 42.7 Å². The van der Waals surface area contributed by atoms with Crippen LogP contribution in [0.5, 0.6) is 0 Å². The van der Waals surface area contributed by atoms with Gasteiger partial charge >= 0.3 is 5.97 Å². The van der Waals surface area contributed by atoms with E-state index in [1.165, 1.54) is 12.7 Å². The van der Waals surface area contributed by atoms with Crippen LogP contribution >= 0.6 is 0 Å². The third-order valence-corrected chi connectivity index (χ3v) is 2.95. The van der Waals surface area contributed by atoms with Crippen molar-refractivity contribution in [3.63, 3.8) is 0 Å². The van der Waals surface area contributed by atoms with Gasteiger partial charge in [-0.1, -0.05) is 0 Å². The SMILES string of the molecule is COC(=O)c1ccc(N)c(NCCc2ccncc2)c1. The quantitative estimate of drug-likeness (QED) is 0.643. The zero-order valence-corrected chi connectivity index (χ0v) is 11.3. The van der Waals surface area contributed by atoms with Crippen LogP contribution < -0.4 is 11.1 Å². The molecule has 0 atom stereocenters. The summed E-state index contributed by atoms with van der Waals surface area (Å²) >= 11 is 0. The minimum absolute atomic E-state index is 0.373. The average molecular weight is 271 g/mol. The van der Waals surface area contributed by atoms with E-state index >= 15 is 0 Å². The van der Waals surface area contributed by atoms with Crippen molar-refractivity contribution in [2.75, 3.05) is 24.7 Å². The fraction of sp³-hybridized carbons (Fsp3) is 0.200. The van der Waals surface area contributed by atoms with Crippen LogP contribution in [0, 0.1) is 0 Å². The lowest BCUT2D eigenvalue weighted by Crippen LogP contribution is -2.09. The number of hydrogen-bond donors (Lipinski definition) is 2. The number of nitrogens with two attached hydrogens (primary N) is 1. The number of hydrogen-bond acceptors (Lipinski definition) is 5. The lowest BCUT2D eigenvalue weighted by molar-refractivity contribution is 0.0601. The van der Waals surface area contributed by atoms with Crippen LogP contribution in [0.4, 0.5) is 11.4 Å². The van der Waals surface area contributed by atoms with Gasteiger partial charge in [0.1, 0.15) is 0 Å². The smallest absolute Gasteiger partial charge is 0.337 e. The zero-order chi connectivity index (χ0) is 14.4. The molecule has 0 aliphatic carbocycles. The summed E-state index contributed by atoms with van der Waals surface area (Å²) in [6.07, 6.45) is 4.38. The summed E-state index contributed by atoms with van der Waals surface area (Å²) < 4.78 is 4.69. The van der Waals surface area contributed by atoms with Crippen LogP contribution in [0.2, 0.25) is 0 Å². The number of benzene rings is 1.